The van der Waals surface area contributed by atoms with Crippen molar-refractivity contribution >= 4 is 29.3 Å². The van der Waals surface area contributed by atoms with Gasteiger partial charge in [0.05, 0.1) is 5.69 Å². The lowest BCUT2D eigenvalue weighted by atomic mass is 10.3. The van der Waals surface area contributed by atoms with Gasteiger partial charge in [-0.15, -0.1) is 0 Å². The molecule has 18 heavy (non-hydrogen) atoms. The third kappa shape index (κ3) is 3.89. The predicted octanol–water partition coefficient (Wildman–Crippen LogP) is 2.42. The number of carboxylic acid groups (broad SMARTS) is 1. The van der Waals surface area contributed by atoms with Crippen LogP contribution in [-0.2, 0) is 4.79 Å². The largest absolute Gasteiger partial charge is 0.480 e. The Hall–Kier alpha value is -1.82. The summed E-state index contributed by atoms with van der Waals surface area (Å²) in [5, 5.41) is 11.1. The molecule has 1 rings (SSSR count). The van der Waals surface area contributed by atoms with E-state index >= 15 is 0 Å². The second kappa shape index (κ2) is 6.20. The van der Waals surface area contributed by atoms with Gasteiger partial charge >= 0.3 is 12.0 Å². The number of nitrogens with one attached hydrogen (secondary N) is 1. The maximum Gasteiger partial charge on any atom is 0.323 e. The van der Waals surface area contributed by atoms with Crippen LogP contribution in [0.1, 0.15) is 6.92 Å². The topological polar surface area (TPSA) is 69.6 Å². The number of halogens is 2. The number of nitrogens with zero attached hydrogens (tertiary/aromatic N) is 1. The molecule has 5 nitrogen and oxygen atoms in total. The van der Waals surface area contributed by atoms with Crippen molar-refractivity contribution in [2.45, 2.75) is 6.92 Å². The van der Waals surface area contributed by atoms with Crippen molar-refractivity contribution in [2.24, 2.45) is 0 Å². The minimum atomic E-state index is -1.14. The molecule has 0 spiro atoms. The molecule has 1 aromatic carbocycles. The number of carbonyl (C=O) groups is 2. The highest BCUT2D eigenvalue weighted by Crippen LogP contribution is 2.19. The standard InChI is InChI=1S/C11H12ClFN2O3/c1-2-15(6-10(16)17)11(18)14-9-4-3-7(12)5-8(9)13/h3-5H,2,6H2,1H3,(H,14,18)(H,16,17). The molecule has 0 fully saturated rings. The van der Waals surface area contributed by atoms with E-state index in [0.717, 1.165) is 11.0 Å². The van der Waals surface area contributed by atoms with Gasteiger partial charge in [0.2, 0.25) is 0 Å². The molecule has 0 aliphatic rings. The van der Waals surface area contributed by atoms with E-state index in [-0.39, 0.29) is 17.3 Å². The number of urea groups is 1. The van der Waals surface area contributed by atoms with Crippen molar-refractivity contribution in [3.8, 4) is 0 Å². The Morgan fingerprint density at radius 3 is 2.67 bits per heavy atom. The van der Waals surface area contributed by atoms with E-state index in [1.807, 2.05) is 0 Å². The quantitative estimate of drug-likeness (QED) is 0.886. The number of hydrogen-bond acceptors (Lipinski definition) is 2. The molecular formula is C11H12ClFN2O3. The first-order valence-electron chi connectivity index (χ1n) is 5.16. The summed E-state index contributed by atoms with van der Waals surface area (Å²) in [6.45, 7) is 1.38. The van der Waals surface area contributed by atoms with Crippen LogP contribution in [0, 0.1) is 5.82 Å². The van der Waals surface area contributed by atoms with Crippen LogP contribution in [0.25, 0.3) is 0 Å². The first kappa shape index (κ1) is 14.2. The van der Waals surface area contributed by atoms with Crippen molar-refractivity contribution in [3.05, 3.63) is 29.0 Å². The summed E-state index contributed by atoms with van der Waals surface area (Å²) >= 11 is 5.57. The Morgan fingerprint density at radius 2 is 2.17 bits per heavy atom. The number of anilines is 1. The zero-order valence-electron chi connectivity index (χ0n) is 9.61. The number of aliphatic carboxylic acids is 1. The third-order valence-electron chi connectivity index (χ3n) is 2.17. The fourth-order valence-electron chi connectivity index (χ4n) is 1.28. The Kier molecular flexibility index (Phi) is 4.91. The summed E-state index contributed by atoms with van der Waals surface area (Å²) in [4.78, 5) is 23.2. The lowest BCUT2D eigenvalue weighted by Crippen LogP contribution is -2.38. The van der Waals surface area contributed by atoms with Gasteiger partial charge in [-0.05, 0) is 25.1 Å². The van der Waals surface area contributed by atoms with Crippen LogP contribution in [0.4, 0.5) is 14.9 Å². The molecule has 2 N–H and O–H groups in total. The second-order valence-corrected chi connectivity index (χ2v) is 3.90. The van der Waals surface area contributed by atoms with Crippen LogP contribution >= 0.6 is 11.6 Å². The molecule has 0 bridgehead atoms. The van der Waals surface area contributed by atoms with Gasteiger partial charge in [0.15, 0.2) is 0 Å². The fourth-order valence-corrected chi connectivity index (χ4v) is 1.43. The van der Waals surface area contributed by atoms with Gasteiger partial charge in [0, 0.05) is 11.6 Å². The van der Waals surface area contributed by atoms with Gasteiger partial charge in [-0.25, -0.2) is 9.18 Å². The summed E-state index contributed by atoms with van der Waals surface area (Å²) in [6.07, 6.45) is 0. The fraction of sp³-hybridized carbons (Fsp3) is 0.273. The van der Waals surface area contributed by atoms with Gasteiger partial charge in [-0.1, -0.05) is 11.6 Å². The number of rotatable bonds is 4. The molecule has 0 radical (unpaired) electrons. The molecule has 0 saturated carbocycles. The highest BCUT2D eigenvalue weighted by atomic mass is 35.5. The summed E-state index contributed by atoms with van der Waals surface area (Å²) in [7, 11) is 0. The van der Waals surface area contributed by atoms with Gasteiger partial charge in [-0.3, -0.25) is 4.79 Å². The maximum absolute atomic E-state index is 13.4. The highest BCUT2D eigenvalue weighted by molar-refractivity contribution is 6.30. The van der Waals surface area contributed by atoms with Crippen LogP contribution in [0.3, 0.4) is 0 Å². The average Bonchev–Trinajstić information content (AvgIpc) is 2.29. The number of carbonyl (C=O) groups excluding carboxylic acids is 1. The van der Waals surface area contributed by atoms with E-state index in [0.29, 0.717) is 0 Å². The van der Waals surface area contributed by atoms with Gasteiger partial charge in [0.1, 0.15) is 12.4 Å². The third-order valence-corrected chi connectivity index (χ3v) is 2.40. The minimum Gasteiger partial charge on any atom is -0.480 e. The van der Waals surface area contributed by atoms with Gasteiger partial charge in [0.25, 0.3) is 0 Å². The van der Waals surface area contributed by atoms with Crippen molar-refractivity contribution in [1.29, 1.82) is 0 Å². The molecule has 2 amide bonds. The maximum atomic E-state index is 13.4. The summed E-state index contributed by atoms with van der Waals surface area (Å²) in [6, 6.07) is 3.11. The van der Waals surface area contributed by atoms with Crippen molar-refractivity contribution in [1.82, 2.24) is 4.90 Å². The van der Waals surface area contributed by atoms with E-state index < -0.39 is 24.4 Å². The van der Waals surface area contributed by atoms with Crippen LogP contribution < -0.4 is 5.32 Å². The zero-order chi connectivity index (χ0) is 13.7. The van der Waals surface area contributed by atoms with E-state index in [1.54, 1.807) is 6.92 Å². The highest BCUT2D eigenvalue weighted by Gasteiger charge is 2.16. The lowest BCUT2D eigenvalue weighted by molar-refractivity contribution is -0.137. The van der Waals surface area contributed by atoms with Crippen LogP contribution in [0.2, 0.25) is 5.02 Å². The number of benzene rings is 1. The molecule has 7 heteroatoms. The Balaban J connectivity index is 2.76. The normalized spacial score (nSPS) is 9.94. The zero-order valence-corrected chi connectivity index (χ0v) is 10.4. The first-order chi connectivity index (χ1) is 8.43. The molecule has 98 valence electrons. The first-order valence-corrected chi connectivity index (χ1v) is 5.54. The minimum absolute atomic E-state index is 0.0479. The monoisotopic (exact) mass is 274 g/mol. The molecule has 0 aliphatic heterocycles. The summed E-state index contributed by atoms with van der Waals surface area (Å²) in [5.41, 5.74) is -0.0479. The summed E-state index contributed by atoms with van der Waals surface area (Å²) < 4.78 is 13.4. The smallest absolute Gasteiger partial charge is 0.323 e. The van der Waals surface area contributed by atoms with Crippen molar-refractivity contribution in [2.75, 3.05) is 18.4 Å². The number of hydrogen-bond donors (Lipinski definition) is 2. The van der Waals surface area contributed by atoms with Gasteiger partial charge < -0.3 is 15.3 Å². The molecule has 0 heterocycles. The van der Waals surface area contributed by atoms with E-state index in [1.165, 1.54) is 12.1 Å². The Labute approximate surface area is 108 Å². The second-order valence-electron chi connectivity index (χ2n) is 3.46. The Morgan fingerprint density at radius 1 is 1.50 bits per heavy atom. The lowest BCUT2D eigenvalue weighted by Gasteiger charge is -2.19. The molecule has 0 saturated heterocycles. The molecule has 1 aromatic rings. The van der Waals surface area contributed by atoms with Crippen molar-refractivity contribution in [3.63, 3.8) is 0 Å². The molecule has 0 aliphatic carbocycles. The average molecular weight is 275 g/mol. The predicted molar refractivity (Wildman–Crippen MR) is 65.3 cm³/mol. The molecule has 0 aromatic heterocycles. The van der Waals surface area contributed by atoms with Crippen LogP contribution in [-0.4, -0.2) is 35.1 Å². The number of amides is 2. The number of carboxylic acids is 1. The summed E-state index contributed by atoms with van der Waals surface area (Å²) in [5.74, 6) is -1.81. The van der Waals surface area contributed by atoms with Crippen LogP contribution in [0.15, 0.2) is 18.2 Å². The van der Waals surface area contributed by atoms with E-state index in [2.05, 4.69) is 5.32 Å². The van der Waals surface area contributed by atoms with Crippen LogP contribution in [0.5, 0.6) is 0 Å². The van der Waals surface area contributed by atoms with E-state index in [9.17, 15) is 14.0 Å². The van der Waals surface area contributed by atoms with Gasteiger partial charge in [-0.2, -0.15) is 0 Å². The van der Waals surface area contributed by atoms with E-state index in [4.69, 9.17) is 16.7 Å². The molecule has 0 unspecified atom stereocenters. The van der Waals surface area contributed by atoms with Crippen molar-refractivity contribution < 1.29 is 19.1 Å². The number of likely N-dealkylation sites (N-methyl/N-ethyl adjacent to an activating group) is 1. The molecular weight excluding hydrogens is 263 g/mol. The molecule has 0 atom stereocenters. The SMILES string of the molecule is CCN(CC(=O)O)C(=O)Nc1ccc(Cl)cc1F. The Bertz CT molecular complexity index is 468.